The molecule has 1 heterocycles. The van der Waals surface area contributed by atoms with Crippen molar-refractivity contribution in [3.05, 3.63) is 0 Å². The van der Waals surface area contributed by atoms with Gasteiger partial charge in [0.2, 0.25) is 0 Å². The minimum atomic E-state index is -0.499. The summed E-state index contributed by atoms with van der Waals surface area (Å²) in [6.07, 6.45) is 9.26. The fourth-order valence-electron chi connectivity index (χ4n) is 1.73. The molecule has 1 rings (SSSR count). The first-order valence-corrected chi connectivity index (χ1v) is 5.64. The van der Waals surface area contributed by atoms with E-state index in [1.807, 2.05) is 20.8 Å². The summed E-state index contributed by atoms with van der Waals surface area (Å²) in [5.74, 6) is 0.0401. The number of carbonyl (C=O) groups excluding carboxylic acids is 2. The third-order valence-electron chi connectivity index (χ3n) is 2.35. The zero-order valence-electron chi connectivity index (χ0n) is 11.0. The molecule has 0 N–H and O–H groups in total. The van der Waals surface area contributed by atoms with Crippen LogP contribution < -0.4 is 0 Å². The van der Waals surface area contributed by atoms with Gasteiger partial charge in [-0.3, -0.25) is 9.69 Å². The van der Waals surface area contributed by atoms with Gasteiger partial charge in [-0.15, -0.1) is 12.8 Å². The number of likely N-dealkylation sites (tertiary alicyclic amines) is 1. The van der Waals surface area contributed by atoms with Crippen LogP contribution in [0.25, 0.3) is 0 Å². The van der Waals surface area contributed by atoms with Crippen molar-refractivity contribution >= 4 is 11.9 Å². The van der Waals surface area contributed by atoms with Crippen molar-refractivity contribution in [3.8, 4) is 12.8 Å². The van der Waals surface area contributed by atoms with Crippen molar-refractivity contribution in [1.29, 1.82) is 0 Å². The summed E-state index contributed by atoms with van der Waals surface area (Å²) in [6, 6.07) is -0.278. The van der Waals surface area contributed by atoms with E-state index in [9.17, 15) is 9.59 Å². The van der Waals surface area contributed by atoms with Gasteiger partial charge in [-0.05, 0) is 40.5 Å². The summed E-state index contributed by atoms with van der Waals surface area (Å²) in [5, 5.41) is 0. The van der Waals surface area contributed by atoms with Crippen LogP contribution in [-0.2, 0) is 9.53 Å². The molecule has 0 radical (unpaired) electrons. The van der Waals surface area contributed by atoms with Crippen LogP contribution in [0.3, 0.4) is 0 Å². The smallest absolute Gasteiger partial charge is 0.410 e. The predicted octanol–water partition coefficient (Wildman–Crippen LogP) is 2.22. The molecule has 1 aliphatic rings. The molecule has 1 aliphatic heterocycles. The number of terminal acetylenes is 1. The van der Waals surface area contributed by atoms with Gasteiger partial charge < -0.3 is 4.74 Å². The molecule has 0 spiro atoms. The van der Waals surface area contributed by atoms with E-state index >= 15 is 0 Å². The molecule has 1 fully saturated rings. The molecule has 0 aromatic carbocycles. The molecule has 0 saturated carbocycles. The van der Waals surface area contributed by atoms with E-state index in [1.54, 1.807) is 0 Å². The average Bonchev–Trinajstić information content (AvgIpc) is 2.66. The van der Waals surface area contributed by atoms with Gasteiger partial charge >= 0.3 is 6.09 Å². The molecule has 4 nitrogen and oxygen atoms in total. The van der Waals surface area contributed by atoms with Crippen molar-refractivity contribution in [1.82, 2.24) is 4.90 Å². The molecule has 0 aromatic rings. The highest BCUT2D eigenvalue weighted by Crippen LogP contribution is 2.21. The molecule has 4 heteroatoms. The molecule has 0 bridgehead atoms. The van der Waals surface area contributed by atoms with E-state index in [1.165, 1.54) is 11.8 Å². The van der Waals surface area contributed by atoms with Gasteiger partial charge in [-0.2, -0.15) is 0 Å². The summed E-state index contributed by atoms with van der Waals surface area (Å²) >= 11 is 0. The van der Waals surface area contributed by atoms with Crippen molar-refractivity contribution in [2.75, 3.05) is 6.54 Å². The highest BCUT2D eigenvalue weighted by atomic mass is 16.6. The van der Waals surface area contributed by atoms with Gasteiger partial charge in [-0.25, -0.2) is 4.79 Å². The second-order valence-corrected chi connectivity index (χ2v) is 4.94. The fraction of sp³-hybridized carbons (Fsp3) is 0.692. The number of amides is 1. The zero-order valence-corrected chi connectivity index (χ0v) is 11.0. The minimum Gasteiger partial charge on any atom is -0.444 e. The standard InChI is InChI=1S/C11H19NO3.C2H2/c1-8(13)9-6-5-7-12(9)10(14)15-11(2,3)4;1-2/h9H,5-7H2,1-4H3;1-2H/t9-;/m0./s1. The lowest BCUT2D eigenvalue weighted by Gasteiger charge is -2.27. The Bertz CT molecular complexity index is 302. The van der Waals surface area contributed by atoms with E-state index in [0.717, 1.165) is 12.8 Å². The highest BCUT2D eigenvalue weighted by molar-refractivity contribution is 5.86. The number of carbonyl (C=O) groups is 2. The SMILES string of the molecule is C#C.CC(=O)[C@@H]1CCCN1C(=O)OC(C)(C)C. The Balaban J connectivity index is 0.00000121. The molecule has 0 aromatic heterocycles. The van der Waals surface area contributed by atoms with Crippen molar-refractivity contribution in [3.63, 3.8) is 0 Å². The van der Waals surface area contributed by atoms with Crippen LogP contribution in [0.15, 0.2) is 0 Å². The van der Waals surface area contributed by atoms with E-state index in [2.05, 4.69) is 12.8 Å². The minimum absolute atomic E-state index is 0.0401. The molecular weight excluding hydrogens is 218 g/mol. The van der Waals surface area contributed by atoms with E-state index < -0.39 is 5.60 Å². The molecular formula is C13H21NO3. The number of ether oxygens (including phenoxy) is 1. The van der Waals surface area contributed by atoms with Crippen LogP contribution in [0.2, 0.25) is 0 Å². The first kappa shape index (κ1) is 15.5. The van der Waals surface area contributed by atoms with Crippen LogP contribution in [0.1, 0.15) is 40.5 Å². The van der Waals surface area contributed by atoms with Gasteiger partial charge in [0.05, 0.1) is 6.04 Å². The Morgan fingerprint density at radius 3 is 2.24 bits per heavy atom. The molecule has 1 saturated heterocycles. The average molecular weight is 239 g/mol. The topological polar surface area (TPSA) is 46.6 Å². The van der Waals surface area contributed by atoms with Crippen LogP contribution in [0.4, 0.5) is 4.79 Å². The van der Waals surface area contributed by atoms with Gasteiger partial charge in [0, 0.05) is 6.54 Å². The molecule has 0 unspecified atom stereocenters. The third kappa shape index (κ3) is 4.90. The van der Waals surface area contributed by atoms with Crippen molar-refractivity contribution in [2.45, 2.75) is 52.2 Å². The summed E-state index contributed by atoms with van der Waals surface area (Å²) in [6.45, 7) is 7.61. The quantitative estimate of drug-likeness (QED) is 0.659. The van der Waals surface area contributed by atoms with E-state index in [0.29, 0.717) is 6.54 Å². The lowest BCUT2D eigenvalue weighted by atomic mass is 10.1. The van der Waals surface area contributed by atoms with Crippen molar-refractivity contribution in [2.24, 2.45) is 0 Å². The Kier molecular flexibility index (Phi) is 5.73. The predicted molar refractivity (Wildman–Crippen MR) is 66.5 cm³/mol. The maximum Gasteiger partial charge on any atom is 0.410 e. The molecule has 17 heavy (non-hydrogen) atoms. The Morgan fingerprint density at radius 2 is 1.82 bits per heavy atom. The molecule has 0 aliphatic carbocycles. The summed E-state index contributed by atoms with van der Waals surface area (Å²) in [4.78, 5) is 24.5. The molecule has 1 atom stereocenters. The van der Waals surface area contributed by atoms with E-state index in [4.69, 9.17) is 4.74 Å². The van der Waals surface area contributed by atoms with Crippen LogP contribution >= 0.6 is 0 Å². The second kappa shape index (κ2) is 6.29. The van der Waals surface area contributed by atoms with Gasteiger partial charge in [0.15, 0.2) is 5.78 Å². The van der Waals surface area contributed by atoms with Gasteiger partial charge in [0.1, 0.15) is 5.60 Å². The maximum absolute atomic E-state index is 11.7. The Morgan fingerprint density at radius 1 is 1.29 bits per heavy atom. The molecule has 96 valence electrons. The lowest BCUT2D eigenvalue weighted by molar-refractivity contribution is -0.121. The number of hydrogen-bond acceptors (Lipinski definition) is 3. The van der Waals surface area contributed by atoms with Crippen LogP contribution in [0.5, 0.6) is 0 Å². The monoisotopic (exact) mass is 239 g/mol. The summed E-state index contributed by atoms with van der Waals surface area (Å²) in [7, 11) is 0. The maximum atomic E-state index is 11.7. The number of ketones is 1. The summed E-state index contributed by atoms with van der Waals surface area (Å²) in [5.41, 5.74) is -0.499. The van der Waals surface area contributed by atoms with Gasteiger partial charge in [0.25, 0.3) is 0 Å². The van der Waals surface area contributed by atoms with E-state index in [-0.39, 0.29) is 17.9 Å². The fourth-order valence-corrected chi connectivity index (χ4v) is 1.73. The second-order valence-electron chi connectivity index (χ2n) is 4.94. The highest BCUT2D eigenvalue weighted by Gasteiger charge is 2.34. The number of hydrogen-bond donors (Lipinski definition) is 0. The Labute approximate surface area is 103 Å². The summed E-state index contributed by atoms with van der Waals surface area (Å²) < 4.78 is 5.24. The normalized spacial score (nSPS) is 19.2. The third-order valence-corrected chi connectivity index (χ3v) is 2.35. The first-order chi connectivity index (χ1) is 7.81. The Hall–Kier alpha value is -1.50. The van der Waals surface area contributed by atoms with Crippen LogP contribution in [-0.4, -0.2) is 35.0 Å². The first-order valence-electron chi connectivity index (χ1n) is 5.64. The molecule has 1 amide bonds. The number of rotatable bonds is 1. The number of Topliss-reactive ketones (excluding diaryl/α,β-unsaturated/α-hetero) is 1. The van der Waals surface area contributed by atoms with Crippen molar-refractivity contribution < 1.29 is 14.3 Å². The van der Waals surface area contributed by atoms with Gasteiger partial charge in [-0.1, -0.05) is 0 Å². The number of nitrogens with zero attached hydrogens (tertiary/aromatic N) is 1. The largest absolute Gasteiger partial charge is 0.444 e. The lowest BCUT2D eigenvalue weighted by Crippen LogP contribution is -2.42. The zero-order chi connectivity index (χ0) is 13.6. The van der Waals surface area contributed by atoms with Crippen LogP contribution in [0, 0.1) is 12.8 Å².